The molecule has 1 rings (SSSR count). The lowest BCUT2D eigenvalue weighted by Gasteiger charge is -2.04. The van der Waals surface area contributed by atoms with Gasteiger partial charge in [0.05, 0.1) is 11.5 Å². The van der Waals surface area contributed by atoms with Crippen LogP contribution in [0.2, 0.25) is 0 Å². The summed E-state index contributed by atoms with van der Waals surface area (Å²) in [5.74, 6) is 0. The topological polar surface area (TPSA) is 43.4 Å². The molecule has 3 nitrogen and oxygen atoms in total. The van der Waals surface area contributed by atoms with E-state index in [9.17, 15) is 8.42 Å². The van der Waals surface area contributed by atoms with Gasteiger partial charge in [0.15, 0.2) is 0 Å². The van der Waals surface area contributed by atoms with Crippen LogP contribution < -0.4 is 0 Å². The van der Waals surface area contributed by atoms with Gasteiger partial charge in [-0.15, -0.1) is 0 Å². The highest BCUT2D eigenvalue weighted by atomic mass is 32.2. The van der Waals surface area contributed by atoms with Crippen LogP contribution in [0.4, 0.5) is 0 Å². The Hall–Kier alpha value is -1.13. The molecule has 0 fully saturated rings. The van der Waals surface area contributed by atoms with E-state index in [2.05, 4.69) is 0 Å². The maximum absolute atomic E-state index is 11.7. The first-order valence-electron chi connectivity index (χ1n) is 5.67. The van der Waals surface area contributed by atoms with E-state index in [-0.39, 0.29) is 11.5 Å². The number of rotatable bonds is 6. The van der Waals surface area contributed by atoms with Crippen molar-refractivity contribution in [2.24, 2.45) is 0 Å². The number of aryl methyl sites for hydroxylation is 1. The van der Waals surface area contributed by atoms with E-state index in [0.29, 0.717) is 6.42 Å². The van der Waals surface area contributed by atoms with E-state index in [1.807, 2.05) is 26.0 Å². The predicted molar refractivity (Wildman–Crippen MR) is 68.4 cm³/mol. The highest BCUT2D eigenvalue weighted by molar-refractivity contribution is 7.86. The van der Waals surface area contributed by atoms with Crippen molar-refractivity contribution in [3.63, 3.8) is 0 Å². The fourth-order valence-electron chi connectivity index (χ4n) is 1.28. The standard InChI is InChI=1S/C13H18O3S/c1-3-4-5-6-11-16-17(14,15)13-9-7-12(2)8-10-13/h4-5,7-10H,3,6,11H2,1-2H3/b5-4+. The van der Waals surface area contributed by atoms with Crippen LogP contribution in [0.15, 0.2) is 41.3 Å². The summed E-state index contributed by atoms with van der Waals surface area (Å²) in [5.41, 5.74) is 1.02. The molecule has 0 heterocycles. The molecule has 0 aliphatic carbocycles. The lowest BCUT2D eigenvalue weighted by atomic mass is 10.2. The van der Waals surface area contributed by atoms with Gasteiger partial charge >= 0.3 is 0 Å². The zero-order valence-corrected chi connectivity index (χ0v) is 11.0. The highest BCUT2D eigenvalue weighted by Gasteiger charge is 2.13. The van der Waals surface area contributed by atoms with Crippen molar-refractivity contribution in [3.05, 3.63) is 42.0 Å². The molecule has 0 saturated carbocycles. The van der Waals surface area contributed by atoms with Gasteiger partial charge in [0.2, 0.25) is 0 Å². The largest absolute Gasteiger partial charge is 0.296 e. The van der Waals surface area contributed by atoms with Crippen LogP contribution in [-0.4, -0.2) is 15.0 Å². The SMILES string of the molecule is CC/C=C/CCOS(=O)(=O)c1ccc(C)cc1. The van der Waals surface area contributed by atoms with E-state index < -0.39 is 10.1 Å². The van der Waals surface area contributed by atoms with Gasteiger partial charge < -0.3 is 0 Å². The fraction of sp³-hybridized carbons (Fsp3) is 0.385. The van der Waals surface area contributed by atoms with Crippen LogP contribution in [0.3, 0.4) is 0 Å². The molecule has 0 unspecified atom stereocenters. The first-order chi connectivity index (χ1) is 8.06. The lowest BCUT2D eigenvalue weighted by molar-refractivity contribution is 0.324. The van der Waals surface area contributed by atoms with E-state index >= 15 is 0 Å². The molecular formula is C13H18O3S. The predicted octanol–water partition coefficient (Wildman–Crippen LogP) is 3.06. The number of allylic oxidation sites excluding steroid dienone is 1. The Kier molecular flexibility index (Phi) is 5.38. The number of benzene rings is 1. The van der Waals surface area contributed by atoms with Gasteiger partial charge in [-0.2, -0.15) is 8.42 Å². The normalized spacial score (nSPS) is 12.1. The molecular weight excluding hydrogens is 236 g/mol. The highest BCUT2D eigenvalue weighted by Crippen LogP contribution is 2.13. The second-order valence-corrected chi connectivity index (χ2v) is 5.37. The summed E-state index contributed by atoms with van der Waals surface area (Å²) >= 11 is 0. The molecule has 0 bridgehead atoms. The molecule has 0 radical (unpaired) electrons. The van der Waals surface area contributed by atoms with E-state index in [1.165, 1.54) is 0 Å². The molecule has 0 amide bonds. The zero-order chi connectivity index (χ0) is 12.7. The Balaban J connectivity index is 2.57. The molecule has 0 spiro atoms. The van der Waals surface area contributed by atoms with E-state index in [4.69, 9.17) is 4.18 Å². The summed E-state index contributed by atoms with van der Waals surface area (Å²) in [6, 6.07) is 6.64. The molecule has 0 saturated heterocycles. The summed E-state index contributed by atoms with van der Waals surface area (Å²) in [6.45, 7) is 4.12. The van der Waals surface area contributed by atoms with Gasteiger partial charge in [0, 0.05) is 0 Å². The van der Waals surface area contributed by atoms with Crippen LogP contribution in [0.5, 0.6) is 0 Å². The molecule has 0 aromatic heterocycles. The Morgan fingerprint density at radius 2 is 1.82 bits per heavy atom. The minimum Gasteiger partial charge on any atom is -0.266 e. The Labute approximate surface area is 103 Å². The average Bonchev–Trinajstić information content (AvgIpc) is 2.29. The minimum atomic E-state index is -3.60. The second-order valence-electron chi connectivity index (χ2n) is 3.76. The molecule has 0 aliphatic rings. The monoisotopic (exact) mass is 254 g/mol. The van der Waals surface area contributed by atoms with Crippen molar-refractivity contribution in [2.45, 2.75) is 31.6 Å². The maximum atomic E-state index is 11.7. The molecule has 0 atom stereocenters. The zero-order valence-electron chi connectivity index (χ0n) is 10.2. The van der Waals surface area contributed by atoms with Crippen LogP contribution in [0, 0.1) is 6.92 Å². The van der Waals surface area contributed by atoms with Gasteiger partial charge in [0.1, 0.15) is 0 Å². The van der Waals surface area contributed by atoms with E-state index in [0.717, 1.165) is 12.0 Å². The van der Waals surface area contributed by atoms with Gasteiger partial charge in [-0.3, -0.25) is 4.18 Å². The average molecular weight is 254 g/mol. The summed E-state index contributed by atoms with van der Waals surface area (Å²) in [7, 11) is -3.60. The van der Waals surface area contributed by atoms with Crippen LogP contribution in [0.25, 0.3) is 0 Å². The Bertz CT molecular complexity index is 458. The van der Waals surface area contributed by atoms with Crippen LogP contribution in [0.1, 0.15) is 25.3 Å². The lowest BCUT2D eigenvalue weighted by Crippen LogP contribution is -2.07. The smallest absolute Gasteiger partial charge is 0.266 e. The fourth-order valence-corrected chi connectivity index (χ4v) is 2.20. The van der Waals surface area contributed by atoms with Gasteiger partial charge in [-0.25, -0.2) is 0 Å². The molecule has 0 N–H and O–H groups in total. The summed E-state index contributed by atoms with van der Waals surface area (Å²) in [6.07, 6.45) is 5.47. The first kappa shape index (κ1) is 13.9. The van der Waals surface area contributed by atoms with Crippen molar-refractivity contribution >= 4 is 10.1 Å². The summed E-state index contributed by atoms with van der Waals surface area (Å²) < 4.78 is 28.4. The third kappa shape index (κ3) is 4.71. The molecule has 4 heteroatoms. The Morgan fingerprint density at radius 3 is 2.41 bits per heavy atom. The second kappa shape index (κ2) is 6.57. The maximum Gasteiger partial charge on any atom is 0.296 e. The molecule has 1 aromatic rings. The van der Waals surface area contributed by atoms with Gasteiger partial charge in [0.25, 0.3) is 10.1 Å². The molecule has 17 heavy (non-hydrogen) atoms. The van der Waals surface area contributed by atoms with Crippen molar-refractivity contribution < 1.29 is 12.6 Å². The quantitative estimate of drug-likeness (QED) is 0.445. The van der Waals surface area contributed by atoms with Crippen molar-refractivity contribution in [1.82, 2.24) is 0 Å². The van der Waals surface area contributed by atoms with Gasteiger partial charge in [-0.1, -0.05) is 36.8 Å². The summed E-state index contributed by atoms with van der Waals surface area (Å²) in [5, 5.41) is 0. The van der Waals surface area contributed by atoms with Gasteiger partial charge in [-0.05, 0) is 31.9 Å². The van der Waals surface area contributed by atoms with Crippen molar-refractivity contribution in [1.29, 1.82) is 0 Å². The molecule has 1 aromatic carbocycles. The first-order valence-corrected chi connectivity index (χ1v) is 7.08. The molecule has 94 valence electrons. The van der Waals surface area contributed by atoms with Crippen LogP contribution in [-0.2, 0) is 14.3 Å². The molecule has 0 aliphatic heterocycles. The minimum absolute atomic E-state index is 0.187. The van der Waals surface area contributed by atoms with E-state index in [1.54, 1.807) is 24.3 Å². The number of hydrogen-bond donors (Lipinski definition) is 0. The summed E-state index contributed by atoms with van der Waals surface area (Å²) in [4.78, 5) is 0.211. The van der Waals surface area contributed by atoms with Crippen LogP contribution >= 0.6 is 0 Å². The third-order valence-electron chi connectivity index (χ3n) is 2.24. The third-order valence-corrected chi connectivity index (χ3v) is 3.56. The van der Waals surface area contributed by atoms with Crippen molar-refractivity contribution in [3.8, 4) is 0 Å². The van der Waals surface area contributed by atoms with Crippen molar-refractivity contribution in [2.75, 3.05) is 6.61 Å². The number of hydrogen-bond acceptors (Lipinski definition) is 3. The Morgan fingerprint density at radius 1 is 1.18 bits per heavy atom.